The van der Waals surface area contributed by atoms with Crippen LogP contribution < -0.4 is 0 Å². The van der Waals surface area contributed by atoms with Crippen molar-refractivity contribution in [2.75, 3.05) is 12.5 Å². The highest BCUT2D eigenvalue weighted by atomic mass is 32.2. The first-order valence-corrected chi connectivity index (χ1v) is 11.0. The van der Waals surface area contributed by atoms with Gasteiger partial charge in [-0.05, 0) is 47.5 Å². The van der Waals surface area contributed by atoms with E-state index in [0.717, 1.165) is 49.1 Å². The third-order valence-electron chi connectivity index (χ3n) is 4.52. The van der Waals surface area contributed by atoms with Crippen LogP contribution in [0.4, 0.5) is 0 Å². The Balaban J connectivity index is 1.80. The molecule has 0 bridgehead atoms. The van der Waals surface area contributed by atoms with E-state index in [4.69, 9.17) is 0 Å². The molecule has 4 nitrogen and oxygen atoms in total. The highest BCUT2D eigenvalue weighted by Gasteiger charge is 2.11. The van der Waals surface area contributed by atoms with Crippen molar-refractivity contribution in [1.29, 1.82) is 0 Å². The number of aromatic nitrogens is 2. The molecule has 0 fully saturated rings. The lowest BCUT2D eigenvalue weighted by Gasteiger charge is -2.02. The van der Waals surface area contributed by atoms with E-state index in [-0.39, 0.29) is 0 Å². The average molecular weight is 370 g/mol. The topological polar surface area (TPSA) is 65.7 Å². The van der Waals surface area contributed by atoms with Crippen LogP contribution in [0, 0.1) is 0 Å². The van der Waals surface area contributed by atoms with Gasteiger partial charge in [-0.2, -0.15) is 0 Å². The van der Waals surface area contributed by atoms with E-state index >= 15 is 0 Å². The fraction of sp³-hybridized carbons (Fsp3) is 0.158. The van der Waals surface area contributed by atoms with Gasteiger partial charge in [-0.1, -0.05) is 0 Å². The first-order valence-electron chi connectivity index (χ1n) is 7.90. The lowest BCUT2D eigenvalue weighted by atomic mass is 10.0. The fourth-order valence-electron chi connectivity index (χ4n) is 3.17. The molecule has 0 aliphatic heterocycles. The molecular weight excluding hydrogens is 352 g/mol. The smallest absolute Gasteiger partial charge is 0.0498 e. The van der Waals surface area contributed by atoms with Gasteiger partial charge in [0.2, 0.25) is 0 Å². The monoisotopic (exact) mass is 370 g/mol. The molecule has 2 unspecified atom stereocenters. The Morgan fingerprint density at radius 1 is 0.760 bits per heavy atom. The number of H-pyrrole nitrogens is 2. The lowest BCUT2D eigenvalue weighted by Crippen LogP contribution is -1.90. The number of aromatic amines is 2. The van der Waals surface area contributed by atoms with Gasteiger partial charge in [0, 0.05) is 84.5 Å². The van der Waals surface area contributed by atoms with Crippen LogP contribution in [0.15, 0.2) is 58.6 Å². The Hall–Kier alpha value is -2.18. The molecule has 2 aromatic heterocycles. The van der Waals surface area contributed by atoms with Gasteiger partial charge in [-0.15, -0.1) is 0 Å². The summed E-state index contributed by atoms with van der Waals surface area (Å²) in [6.45, 7) is 0. The Kier molecular flexibility index (Phi) is 4.09. The third-order valence-corrected chi connectivity index (χ3v) is 6.36. The molecule has 0 aliphatic carbocycles. The quantitative estimate of drug-likeness (QED) is 0.575. The van der Waals surface area contributed by atoms with Gasteiger partial charge in [0.1, 0.15) is 0 Å². The number of hydrogen-bond acceptors (Lipinski definition) is 2. The predicted octanol–water partition coefficient (Wildman–Crippen LogP) is 3.71. The average Bonchev–Trinajstić information content (AvgIpc) is 3.19. The van der Waals surface area contributed by atoms with Crippen LogP contribution in [0.25, 0.3) is 21.8 Å². The highest BCUT2D eigenvalue weighted by Crippen LogP contribution is 2.27. The van der Waals surface area contributed by atoms with E-state index in [0.29, 0.717) is 0 Å². The van der Waals surface area contributed by atoms with Crippen LogP contribution in [0.5, 0.6) is 0 Å². The SMILES string of the molecule is CS(=O)c1ccc2[nH]cc(Cc3c[nH]c4ccc(S(C)=O)cc34)c2c1. The summed E-state index contributed by atoms with van der Waals surface area (Å²) in [6, 6.07) is 11.7. The number of nitrogens with one attached hydrogen (secondary N) is 2. The Labute approximate surface area is 150 Å². The first-order chi connectivity index (χ1) is 12.0. The molecule has 0 saturated heterocycles. The van der Waals surface area contributed by atoms with Gasteiger partial charge < -0.3 is 9.97 Å². The number of fused-ring (bicyclic) bond motifs is 2. The molecule has 25 heavy (non-hydrogen) atoms. The maximum atomic E-state index is 11.8. The zero-order valence-electron chi connectivity index (χ0n) is 14.0. The molecule has 0 aliphatic rings. The molecule has 0 amide bonds. The largest absolute Gasteiger partial charge is 0.361 e. The summed E-state index contributed by atoms with van der Waals surface area (Å²) in [7, 11) is -2.00. The van der Waals surface area contributed by atoms with Gasteiger partial charge >= 0.3 is 0 Å². The van der Waals surface area contributed by atoms with Gasteiger partial charge in [0.25, 0.3) is 0 Å². The Morgan fingerprint density at radius 3 is 1.60 bits per heavy atom. The summed E-state index contributed by atoms with van der Waals surface area (Å²) in [4.78, 5) is 8.23. The van der Waals surface area contributed by atoms with Gasteiger partial charge in [0.05, 0.1) is 0 Å². The van der Waals surface area contributed by atoms with E-state index in [2.05, 4.69) is 9.97 Å². The second kappa shape index (κ2) is 6.28. The molecule has 2 heterocycles. The second-order valence-corrected chi connectivity index (χ2v) is 8.89. The summed E-state index contributed by atoms with van der Waals surface area (Å²) in [5, 5.41) is 2.19. The molecule has 0 radical (unpaired) electrons. The summed E-state index contributed by atoms with van der Waals surface area (Å²) >= 11 is 0. The summed E-state index contributed by atoms with van der Waals surface area (Å²) in [6.07, 6.45) is 8.15. The van der Waals surface area contributed by atoms with E-state index < -0.39 is 21.6 Å². The Morgan fingerprint density at radius 2 is 1.20 bits per heavy atom. The maximum absolute atomic E-state index is 11.8. The van der Waals surface area contributed by atoms with Gasteiger partial charge in [0.15, 0.2) is 0 Å². The van der Waals surface area contributed by atoms with Crippen molar-refractivity contribution < 1.29 is 8.42 Å². The van der Waals surface area contributed by atoms with Crippen molar-refractivity contribution in [3.05, 3.63) is 59.9 Å². The minimum atomic E-state index is -1.00. The van der Waals surface area contributed by atoms with Crippen molar-refractivity contribution in [3.8, 4) is 0 Å². The summed E-state index contributed by atoms with van der Waals surface area (Å²) in [5.74, 6) is 0. The predicted molar refractivity (Wildman–Crippen MR) is 104 cm³/mol. The second-order valence-electron chi connectivity index (χ2n) is 6.13. The molecule has 128 valence electrons. The van der Waals surface area contributed by atoms with E-state index in [1.54, 1.807) is 12.5 Å². The van der Waals surface area contributed by atoms with Gasteiger partial charge in [-0.3, -0.25) is 8.42 Å². The minimum absolute atomic E-state index is 0.750. The molecule has 0 spiro atoms. The van der Waals surface area contributed by atoms with Crippen LogP contribution in [0.2, 0.25) is 0 Å². The lowest BCUT2D eigenvalue weighted by molar-refractivity contribution is 0.686. The van der Waals surface area contributed by atoms with Crippen molar-refractivity contribution in [1.82, 2.24) is 9.97 Å². The number of rotatable bonds is 4. The highest BCUT2D eigenvalue weighted by molar-refractivity contribution is 7.84. The van der Waals surface area contributed by atoms with Crippen LogP contribution in [0.3, 0.4) is 0 Å². The zero-order chi connectivity index (χ0) is 17.6. The molecular formula is C19H18N2O2S2. The molecule has 2 atom stereocenters. The van der Waals surface area contributed by atoms with E-state index in [9.17, 15) is 8.42 Å². The molecule has 6 heteroatoms. The maximum Gasteiger partial charge on any atom is 0.0498 e. The van der Waals surface area contributed by atoms with Crippen LogP contribution in [-0.4, -0.2) is 30.9 Å². The molecule has 2 N–H and O–H groups in total. The molecule has 0 saturated carbocycles. The molecule has 4 rings (SSSR count). The molecule has 4 aromatic rings. The van der Waals surface area contributed by atoms with Crippen LogP contribution in [0.1, 0.15) is 11.1 Å². The molecule has 2 aromatic carbocycles. The van der Waals surface area contributed by atoms with E-state index in [1.165, 1.54) is 0 Å². The first kappa shape index (κ1) is 16.3. The van der Waals surface area contributed by atoms with Crippen LogP contribution in [-0.2, 0) is 28.0 Å². The van der Waals surface area contributed by atoms with Crippen molar-refractivity contribution in [2.24, 2.45) is 0 Å². The van der Waals surface area contributed by atoms with E-state index in [1.807, 2.05) is 48.8 Å². The van der Waals surface area contributed by atoms with Crippen molar-refractivity contribution in [3.63, 3.8) is 0 Å². The number of benzene rings is 2. The normalized spacial score (nSPS) is 14.2. The third kappa shape index (κ3) is 2.96. The standard InChI is InChI=1S/C19H18N2O2S2/c1-24(22)14-3-5-18-16(8-14)12(10-20-18)7-13-11-21-19-6-4-15(25(2)23)9-17(13)19/h3-6,8-11,20-21H,7H2,1-2H3. The van der Waals surface area contributed by atoms with Crippen molar-refractivity contribution in [2.45, 2.75) is 16.2 Å². The Bertz CT molecular complexity index is 1050. The van der Waals surface area contributed by atoms with Gasteiger partial charge in [-0.25, -0.2) is 0 Å². The number of hydrogen-bond donors (Lipinski definition) is 2. The van der Waals surface area contributed by atoms with Crippen molar-refractivity contribution >= 4 is 43.4 Å². The summed E-state index contributed by atoms with van der Waals surface area (Å²) in [5.41, 5.74) is 4.40. The minimum Gasteiger partial charge on any atom is -0.361 e. The fourth-order valence-corrected chi connectivity index (χ4v) is 4.26. The zero-order valence-corrected chi connectivity index (χ0v) is 15.6. The van der Waals surface area contributed by atoms with Crippen LogP contribution >= 0.6 is 0 Å². The summed E-state index contributed by atoms with van der Waals surface area (Å²) < 4.78 is 23.6.